The van der Waals surface area contributed by atoms with Crippen molar-refractivity contribution < 1.29 is 9.84 Å². The van der Waals surface area contributed by atoms with Crippen LogP contribution in [0.5, 0.6) is 11.5 Å². The molecule has 1 aromatic heterocycles. The highest BCUT2D eigenvalue weighted by Gasteiger charge is 2.10. The van der Waals surface area contributed by atoms with Crippen LogP contribution in [0, 0.1) is 0 Å². The third kappa shape index (κ3) is 4.23. The molecule has 0 bridgehead atoms. The minimum Gasteiger partial charge on any atom is -0.508 e. The molecular weight excluding hydrogens is 280 g/mol. The topological polar surface area (TPSA) is 29.5 Å². The van der Waals surface area contributed by atoms with Crippen LogP contribution in [0.15, 0.2) is 41.8 Å². The molecule has 0 unspecified atom stereocenters. The smallest absolute Gasteiger partial charge is 0.126 e. The van der Waals surface area contributed by atoms with Crippen LogP contribution in [0.1, 0.15) is 29.3 Å². The summed E-state index contributed by atoms with van der Waals surface area (Å²) in [6.07, 6.45) is 5.59. The largest absolute Gasteiger partial charge is 0.508 e. The summed E-state index contributed by atoms with van der Waals surface area (Å²) in [5.41, 5.74) is 2.86. The Hall–Kier alpha value is -2.00. The SMILES string of the molecule is C=C(C)CCc1c(O)cc(C=Cc2cccs2)cc1OC. The second-order valence-electron chi connectivity index (χ2n) is 5.03. The number of ether oxygens (including phenoxy) is 1. The van der Waals surface area contributed by atoms with Crippen molar-refractivity contribution in [2.75, 3.05) is 7.11 Å². The van der Waals surface area contributed by atoms with E-state index in [0.29, 0.717) is 0 Å². The van der Waals surface area contributed by atoms with Gasteiger partial charge in [-0.05, 0) is 55.0 Å². The first-order valence-corrected chi connectivity index (χ1v) is 7.74. The van der Waals surface area contributed by atoms with Crippen molar-refractivity contribution in [2.24, 2.45) is 0 Å². The molecule has 1 N–H and O–H groups in total. The molecule has 0 aliphatic carbocycles. The number of hydrogen-bond acceptors (Lipinski definition) is 3. The third-order valence-electron chi connectivity index (χ3n) is 3.21. The van der Waals surface area contributed by atoms with Crippen LogP contribution in [0.4, 0.5) is 0 Å². The van der Waals surface area contributed by atoms with Crippen LogP contribution < -0.4 is 4.74 Å². The zero-order chi connectivity index (χ0) is 15.2. The molecule has 21 heavy (non-hydrogen) atoms. The fourth-order valence-electron chi connectivity index (χ4n) is 2.08. The van der Waals surface area contributed by atoms with Gasteiger partial charge in [-0.1, -0.05) is 17.7 Å². The summed E-state index contributed by atoms with van der Waals surface area (Å²) < 4.78 is 5.42. The number of methoxy groups -OCH3 is 1. The highest BCUT2D eigenvalue weighted by atomic mass is 32.1. The third-order valence-corrected chi connectivity index (χ3v) is 4.05. The van der Waals surface area contributed by atoms with Gasteiger partial charge in [0.1, 0.15) is 11.5 Å². The summed E-state index contributed by atoms with van der Waals surface area (Å²) in [6, 6.07) is 7.81. The minimum atomic E-state index is 0.279. The second kappa shape index (κ2) is 7.14. The van der Waals surface area contributed by atoms with Crippen molar-refractivity contribution >= 4 is 23.5 Å². The molecule has 0 atom stereocenters. The predicted molar refractivity (Wildman–Crippen MR) is 91.0 cm³/mol. The van der Waals surface area contributed by atoms with Crippen LogP contribution in [0.2, 0.25) is 0 Å². The number of hydrogen-bond donors (Lipinski definition) is 1. The second-order valence-corrected chi connectivity index (χ2v) is 6.01. The van der Waals surface area contributed by atoms with E-state index < -0.39 is 0 Å². The van der Waals surface area contributed by atoms with Gasteiger partial charge in [0.15, 0.2) is 0 Å². The molecule has 0 radical (unpaired) electrons. The molecule has 0 aliphatic rings. The Bertz CT molecular complexity index is 639. The van der Waals surface area contributed by atoms with Crippen molar-refractivity contribution in [2.45, 2.75) is 19.8 Å². The summed E-state index contributed by atoms with van der Waals surface area (Å²) in [6.45, 7) is 5.89. The maximum atomic E-state index is 10.2. The van der Waals surface area contributed by atoms with E-state index in [-0.39, 0.29) is 5.75 Å². The first-order chi connectivity index (χ1) is 10.1. The van der Waals surface area contributed by atoms with Gasteiger partial charge in [0.05, 0.1) is 7.11 Å². The summed E-state index contributed by atoms with van der Waals surface area (Å²) in [5.74, 6) is 1.00. The summed E-state index contributed by atoms with van der Waals surface area (Å²) in [7, 11) is 1.63. The molecular formula is C18H20O2S. The number of aromatic hydroxyl groups is 1. The lowest BCUT2D eigenvalue weighted by Crippen LogP contribution is -1.94. The minimum absolute atomic E-state index is 0.279. The zero-order valence-corrected chi connectivity index (χ0v) is 13.2. The van der Waals surface area contributed by atoms with Gasteiger partial charge < -0.3 is 9.84 Å². The molecule has 0 aliphatic heterocycles. The van der Waals surface area contributed by atoms with Gasteiger partial charge in [-0.25, -0.2) is 0 Å². The monoisotopic (exact) mass is 300 g/mol. The molecule has 0 amide bonds. The first-order valence-electron chi connectivity index (χ1n) is 6.86. The summed E-state index contributed by atoms with van der Waals surface area (Å²) in [4.78, 5) is 1.18. The average Bonchev–Trinajstić information content (AvgIpc) is 2.96. The van der Waals surface area contributed by atoms with Gasteiger partial charge in [0, 0.05) is 10.4 Å². The number of benzene rings is 1. The normalized spacial score (nSPS) is 11.0. The molecule has 1 heterocycles. The molecule has 0 spiro atoms. The van der Waals surface area contributed by atoms with E-state index in [1.54, 1.807) is 24.5 Å². The van der Waals surface area contributed by atoms with E-state index in [4.69, 9.17) is 4.74 Å². The molecule has 2 aromatic rings. The fourth-order valence-corrected chi connectivity index (χ4v) is 2.70. The van der Waals surface area contributed by atoms with Crippen LogP contribution in [0.25, 0.3) is 12.2 Å². The molecule has 3 heteroatoms. The van der Waals surface area contributed by atoms with Crippen molar-refractivity contribution in [3.8, 4) is 11.5 Å². The van der Waals surface area contributed by atoms with Gasteiger partial charge in [0.25, 0.3) is 0 Å². The van der Waals surface area contributed by atoms with Crippen molar-refractivity contribution in [3.05, 3.63) is 57.8 Å². The lowest BCUT2D eigenvalue weighted by atomic mass is 10.0. The molecule has 2 nitrogen and oxygen atoms in total. The Morgan fingerprint density at radius 3 is 2.81 bits per heavy atom. The lowest BCUT2D eigenvalue weighted by Gasteiger charge is -2.12. The van der Waals surface area contributed by atoms with Gasteiger partial charge in [0.2, 0.25) is 0 Å². The maximum absolute atomic E-state index is 10.2. The zero-order valence-electron chi connectivity index (χ0n) is 12.4. The number of allylic oxidation sites excluding steroid dienone is 1. The van der Waals surface area contributed by atoms with Crippen LogP contribution in [-0.2, 0) is 6.42 Å². The van der Waals surface area contributed by atoms with Crippen molar-refractivity contribution in [1.82, 2.24) is 0 Å². The van der Waals surface area contributed by atoms with Crippen LogP contribution in [-0.4, -0.2) is 12.2 Å². The van der Waals surface area contributed by atoms with Crippen LogP contribution >= 0.6 is 11.3 Å². The van der Waals surface area contributed by atoms with Gasteiger partial charge in [-0.3, -0.25) is 0 Å². The Kier molecular flexibility index (Phi) is 5.23. The van der Waals surface area contributed by atoms with E-state index >= 15 is 0 Å². The van der Waals surface area contributed by atoms with Gasteiger partial charge >= 0.3 is 0 Å². The number of thiophene rings is 1. The molecule has 0 saturated carbocycles. The van der Waals surface area contributed by atoms with E-state index in [0.717, 1.165) is 35.3 Å². The predicted octanol–water partition coefficient (Wildman–Crippen LogP) is 5.14. The maximum Gasteiger partial charge on any atom is 0.126 e. The number of phenols is 1. The number of phenolic OH excluding ortho intramolecular Hbond substituents is 1. The Balaban J connectivity index is 2.25. The summed E-state index contributed by atoms with van der Waals surface area (Å²) >= 11 is 1.68. The summed E-state index contributed by atoms with van der Waals surface area (Å²) in [5, 5.41) is 12.3. The molecule has 0 fully saturated rings. The van der Waals surface area contributed by atoms with Gasteiger partial charge in [-0.2, -0.15) is 0 Å². The van der Waals surface area contributed by atoms with E-state index in [2.05, 4.69) is 12.6 Å². The Labute approximate surface area is 130 Å². The quantitative estimate of drug-likeness (QED) is 0.748. The molecule has 1 aromatic carbocycles. The molecule has 0 saturated heterocycles. The number of rotatable bonds is 6. The highest BCUT2D eigenvalue weighted by Crippen LogP contribution is 2.32. The lowest BCUT2D eigenvalue weighted by molar-refractivity contribution is 0.399. The fraction of sp³-hybridized carbons (Fsp3) is 0.222. The Morgan fingerprint density at radius 1 is 1.38 bits per heavy atom. The van der Waals surface area contributed by atoms with E-state index in [1.807, 2.05) is 36.6 Å². The standard InChI is InChI=1S/C18H20O2S/c1-13(2)6-9-16-17(19)11-14(12-18(16)20-3)7-8-15-5-4-10-21-15/h4-5,7-8,10-12,19H,1,6,9H2,2-3H3. The van der Waals surface area contributed by atoms with Crippen molar-refractivity contribution in [3.63, 3.8) is 0 Å². The first kappa shape index (κ1) is 15.4. The van der Waals surface area contributed by atoms with Crippen molar-refractivity contribution in [1.29, 1.82) is 0 Å². The van der Waals surface area contributed by atoms with Gasteiger partial charge in [-0.15, -0.1) is 17.9 Å². The molecule has 110 valence electrons. The van der Waals surface area contributed by atoms with E-state index in [1.165, 1.54) is 4.88 Å². The highest BCUT2D eigenvalue weighted by molar-refractivity contribution is 7.10. The molecule has 2 rings (SSSR count). The average molecular weight is 300 g/mol. The van der Waals surface area contributed by atoms with E-state index in [9.17, 15) is 5.11 Å². The van der Waals surface area contributed by atoms with Crippen LogP contribution in [0.3, 0.4) is 0 Å². The Morgan fingerprint density at radius 2 is 2.19 bits per heavy atom.